The topological polar surface area (TPSA) is 29.1 Å². The van der Waals surface area contributed by atoms with Crippen LogP contribution < -0.4 is 5.32 Å². The van der Waals surface area contributed by atoms with Gasteiger partial charge in [-0.15, -0.1) is 0 Å². The second-order valence-corrected chi connectivity index (χ2v) is 8.40. The highest BCUT2D eigenvalue weighted by atomic mass is 32.2. The van der Waals surface area contributed by atoms with Gasteiger partial charge >= 0.3 is 0 Å². The van der Waals surface area contributed by atoms with Crippen LogP contribution in [0.25, 0.3) is 0 Å². The van der Waals surface area contributed by atoms with Crippen molar-refractivity contribution >= 4 is 10.8 Å². The average Bonchev–Trinajstić information content (AvgIpc) is 2.47. The Morgan fingerprint density at radius 1 is 1.33 bits per heavy atom. The minimum absolute atomic E-state index is 0.197. The van der Waals surface area contributed by atoms with Gasteiger partial charge in [0.05, 0.1) is 0 Å². The van der Waals surface area contributed by atoms with Gasteiger partial charge in [0.2, 0.25) is 0 Å². The SMILES string of the molecule is CNC(CS(=O)C1CCCC(C)C1)c1cc(C)ccc1C. The van der Waals surface area contributed by atoms with Crippen molar-refractivity contribution in [3.8, 4) is 0 Å². The first-order chi connectivity index (χ1) is 10.0. The summed E-state index contributed by atoms with van der Waals surface area (Å²) < 4.78 is 12.8. The van der Waals surface area contributed by atoms with E-state index in [1.165, 1.54) is 29.5 Å². The van der Waals surface area contributed by atoms with E-state index in [9.17, 15) is 4.21 Å². The average molecular weight is 308 g/mol. The summed E-state index contributed by atoms with van der Waals surface area (Å²) in [5, 5.41) is 3.77. The van der Waals surface area contributed by atoms with Crippen molar-refractivity contribution in [3.63, 3.8) is 0 Å². The molecule has 3 heteroatoms. The smallest absolute Gasteiger partial charge is 0.0437 e. The molecule has 1 saturated carbocycles. The maximum absolute atomic E-state index is 12.8. The van der Waals surface area contributed by atoms with E-state index < -0.39 is 10.8 Å². The van der Waals surface area contributed by atoms with Gasteiger partial charge < -0.3 is 5.32 Å². The molecule has 1 fully saturated rings. The van der Waals surface area contributed by atoms with Crippen LogP contribution in [0, 0.1) is 19.8 Å². The van der Waals surface area contributed by atoms with E-state index in [-0.39, 0.29) is 6.04 Å². The molecule has 0 amide bonds. The van der Waals surface area contributed by atoms with Crippen LogP contribution in [0.4, 0.5) is 0 Å². The molecule has 4 atom stereocenters. The van der Waals surface area contributed by atoms with Gasteiger partial charge in [0, 0.05) is 27.8 Å². The van der Waals surface area contributed by atoms with E-state index in [4.69, 9.17) is 0 Å². The Labute approximate surface area is 132 Å². The van der Waals surface area contributed by atoms with Crippen molar-refractivity contribution in [2.24, 2.45) is 5.92 Å². The molecule has 21 heavy (non-hydrogen) atoms. The van der Waals surface area contributed by atoms with Crippen molar-refractivity contribution in [2.45, 2.75) is 57.7 Å². The van der Waals surface area contributed by atoms with Crippen LogP contribution in [-0.4, -0.2) is 22.3 Å². The number of aryl methyl sites for hydroxylation is 2. The Morgan fingerprint density at radius 2 is 2.10 bits per heavy atom. The highest BCUT2D eigenvalue weighted by Gasteiger charge is 2.26. The zero-order chi connectivity index (χ0) is 15.4. The predicted molar refractivity (Wildman–Crippen MR) is 92.1 cm³/mol. The van der Waals surface area contributed by atoms with Crippen molar-refractivity contribution in [1.29, 1.82) is 0 Å². The molecule has 2 nitrogen and oxygen atoms in total. The number of hydrogen-bond donors (Lipinski definition) is 1. The van der Waals surface area contributed by atoms with Gasteiger partial charge in [-0.1, -0.05) is 43.5 Å². The van der Waals surface area contributed by atoms with Crippen molar-refractivity contribution < 1.29 is 4.21 Å². The molecule has 4 unspecified atom stereocenters. The van der Waals surface area contributed by atoms with Gasteiger partial charge in [-0.25, -0.2) is 0 Å². The molecule has 1 aliphatic rings. The van der Waals surface area contributed by atoms with Gasteiger partial charge in [-0.05, 0) is 50.8 Å². The Balaban J connectivity index is 2.08. The zero-order valence-electron chi connectivity index (χ0n) is 13.8. The van der Waals surface area contributed by atoms with Crippen LogP contribution in [-0.2, 0) is 10.8 Å². The van der Waals surface area contributed by atoms with Gasteiger partial charge in [0.15, 0.2) is 0 Å². The zero-order valence-corrected chi connectivity index (χ0v) is 14.6. The maximum atomic E-state index is 12.8. The van der Waals surface area contributed by atoms with Crippen LogP contribution in [0.3, 0.4) is 0 Å². The standard InChI is InChI=1S/C18H29NOS/c1-13-6-5-7-16(10-13)21(20)12-18(19-4)17-11-14(2)8-9-15(17)3/h8-9,11,13,16,18-19H,5-7,10,12H2,1-4H3. The molecule has 0 spiro atoms. The highest BCUT2D eigenvalue weighted by Crippen LogP contribution is 2.29. The summed E-state index contributed by atoms with van der Waals surface area (Å²) in [5.41, 5.74) is 3.86. The molecule has 2 rings (SSSR count). The summed E-state index contributed by atoms with van der Waals surface area (Å²) in [5.74, 6) is 1.47. The van der Waals surface area contributed by atoms with E-state index in [2.05, 4.69) is 44.3 Å². The molecule has 0 radical (unpaired) electrons. The molecule has 1 aromatic rings. The predicted octanol–water partition coefficient (Wildman–Crippen LogP) is 3.89. The van der Waals surface area contributed by atoms with Crippen LogP contribution >= 0.6 is 0 Å². The first-order valence-electron chi connectivity index (χ1n) is 8.13. The molecular formula is C18H29NOS. The summed E-state index contributed by atoms with van der Waals surface area (Å²) in [6, 6.07) is 6.74. The summed E-state index contributed by atoms with van der Waals surface area (Å²) >= 11 is 0. The largest absolute Gasteiger partial charge is 0.312 e. The Morgan fingerprint density at radius 3 is 2.76 bits per heavy atom. The molecule has 0 bridgehead atoms. The fraction of sp³-hybridized carbons (Fsp3) is 0.667. The molecule has 118 valence electrons. The number of rotatable bonds is 5. The molecular weight excluding hydrogens is 278 g/mol. The van der Waals surface area contributed by atoms with Crippen molar-refractivity contribution in [3.05, 3.63) is 34.9 Å². The molecule has 1 aliphatic carbocycles. The van der Waals surface area contributed by atoms with E-state index in [1.54, 1.807) is 0 Å². The van der Waals surface area contributed by atoms with Crippen LogP contribution in [0.2, 0.25) is 0 Å². The van der Waals surface area contributed by atoms with Gasteiger partial charge in [-0.2, -0.15) is 0 Å². The lowest BCUT2D eigenvalue weighted by molar-refractivity contribution is 0.388. The number of benzene rings is 1. The third-order valence-electron chi connectivity index (χ3n) is 4.75. The highest BCUT2D eigenvalue weighted by molar-refractivity contribution is 7.85. The third-order valence-corrected chi connectivity index (χ3v) is 6.58. The number of hydrogen-bond acceptors (Lipinski definition) is 2. The first-order valence-corrected chi connectivity index (χ1v) is 9.51. The van der Waals surface area contributed by atoms with E-state index in [0.29, 0.717) is 5.25 Å². The quantitative estimate of drug-likeness (QED) is 0.894. The third kappa shape index (κ3) is 4.40. The second-order valence-electron chi connectivity index (χ2n) is 6.64. The monoisotopic (exact) mass is 307 g/mol. The fourth-order valence-corrected chi connectivity index (χ4v) is 5.30. The molecule has 0 heterocycles. The minimum Gasteiger partial charge on any atom is -0.312 e. The normalized spacial score (nSPS) is 25.5. The minimum atomic E-state index is -0.735. The van der Waals surface area contributed by atoms with Gasteiger partial charge in [-0.3, -0.25) is 4.21 Å². The summed E-state index contributed by atoms with van der Waals surface area (Å²) in [6.45, 7) is 6.56. The van der Waals surface area contributed by atoms with Crippen molar-refractivity contribution in [2.75, 3.05) is 12.8 Å². The maximum Gasteiger partial charge on any atom is 0.0437 e. The fourth-order valence-electron chi connectivity index (χ4n) is 3.38. The van der Waals surface area contributed by atoms with Crippen LogP contribution in [0.15, 0.2) is 18.2 Å². The lowest BCUT2D eigenvalue weighted by atomic mass is 9.91. The van der Waals surface area contributed by atoms with Crippen molar-refractivity contribution in [1.82, 2.24) is 5.32 Å². The number of nitrogens with one attached hydrogen (secondary N) is 1. The molecule has 0 saturated heterocycles. The van der Waals surface area contributed by atoms with Gasteiger partial charge in [0.25, 0.3) is 0 Å². The van der Waals surface area contributed by atoms with Crippen LogP contribution in [0.5, 0.6) is 0 Å². The van der Waals surface area contributed by atoms with Crippen LogP contribution in [0.1, 0.15) is 55.3 Å². The second kappa shape index (κ2) is 7.55. The summed E-state index contributed by atoms with van der Waals surface area (Å²) in [6.07, 6.45) is 4.82. The molecule has 1 aromatic carbocycles. The van der Waals surface area contributed by atoms with Gasteiger partial charge in [0.1, 0.15) is 0 Å². The van der Waals surface area contributed by atoms with E-state index >= 15 is 0 Å². The van der Waals surface area contributed by atoms with E-state index in [1.807, 2.05) is 7.05 Å². The summed E-state index contributed by atoms with van der Waals surface area (Å²) in [7, 11) is 1.24. The lowest BCUT2D eigenvalue weighted by Crippen LogP contribution is -2.30. The first kappa shape index (κ1) is 16.7. The molecule has 1 N–H and O–H groups in total. The Bertz CT molecular complexity index is 500. The summed E-state index contributed by atoms with van der Waals surface area (Å²) in [4.78, 5) is 0. The Hall–Kier alpha value is -0.670. The molecule has 0 aromatic heterocycles. The van der Waals surface area contributed by atoms with E-state index in [0.717, 1.165) is 24.5 Å². The lowest BCUT2D eigenvalue weighted by Gasteiger charge is -2.28. The molecule has 0 aliphatic heterocycles. The Kier molecular flexibility index (Phi) is 6.00.